The monoisotopic (exact) mass is 2410 g/mol. The average molecular weight is 2410 g/mol. The predicted octanol–water partition coefficient (Wildman–Crippen LogP) is 34.6. The van der Waals surface area contributed by atoms with E-state index in [2.05, 4.69) is 107 Å². The number of phenolic OH excluding ortho intramolecular Hbond substituents is 3. The van der Waals surface area contributed by atoms with Gasteiger partial charge in [0, 0.05) is 213 Å². The summed E-state index contributed by atoms with van der Waals surface area (Å²) in [7, 11) is 0. The maximum Gasteiger partial charge on any atom is 0.204 e. The molecule has 3 saturated carbocycles. The van der Waals surface area contributed by atoms with Crippen molar-refractivity contribution in [2.45, 2.75) is 126 Å². The van der Waals surface area contributed by atoms with E-state index in [0.717, 1.165) is 124 Å². The molecular weight excluding hydrogens is 2300 g/mol. The van der Waals surface area contributed by atoms with Gasteiger partial charge in [-0.2, -0.15) is 109 Å². The van der Waals surface area contributed by atoms with Crippen LogP contribution in [0, 0.1) is 152 Å². The third-order valence-corrected chi connectivity index (χ3v) is 25.8. The number of hydrogen-bond donors (Lipinski definition) is 3. The third-order valence-electron chi connectivity index (χ3n) is 25.8. The maximum absolute atomic E-state index is 14.6. The summed E-state index contributed by atoms with van der Waals surface area (Å²) in [6, 6.07) is 106. The summed E-state index contributed by atoms with van der Waals surface area (Å²) in [4.78, 5) is 0. The summed E-state index contributed by atoms with van der Waals surface area (Å²) in [6.45, 7) is 15.5. The van der Waals surface area contributed by atoms with Crippen LogP contribution in [0.15, 0.2) is 328 Å². The fourth-order valence-corrected chi connectivity index (χ4v) is 17.3. The second-order valence-electron chi connectivity index (χ2n) is 36.2. The van der Waals surface area contributed by atoms with Crippen molar-refractivity contribution in [3.8, 4) is 129 Å². The summed E-state index contributed by atoms with van der Waals surface area (Å²) in [5.74, 6) is -8.48. The first-order valence-corrected chi connectivity index (χ1v) is 47.0. The van der Waals surface area contributed by atoms with E-state index in [1.165, 1.54) is 109 Å². The van der Waals surface area contributed by atoms with Gasteiger partial charge < -0.3 is 24.8 Å². The van der Waals surface area contributed by atoms with Gasteiger partial charge >= 0.3 is 0 Å². The average Bonchev–Trinajstić information content (AvgIpc) is 0.799. The van der Waals surface area contributed by atoms with Crippen LogP contribution in [-0.2, 0) is 196 Å². The number of hydrogen-bond acceptors (Lipinski definition) is 5. The van der Waals surface area contributed by atoms with Crippen LogP contribution in [0.2, 0.25) is 0 Å². The number of halogens is 11. The maximum atomic E-state index is 14.6. The number of phenols is 3. The molecule has 3 aliphatic carbocycles. The molecule has 16 aromatic rings. The van der Waals surface area contributed by atoms with Crippen molar-refractivity contribution in [3.63, 3.8) is 0 Å². The minimum atomic E-state index is -1.57. The molecule has 145 heavy (non-hydrogen) atoms. The van der Waals surface area contributed by atoms with Crippen LogP contribution in [-0.4, -0.2) is 28.5 Å². The minimum absolute atomic E-state index is 0. The fraction of sp³-hybridized carbons (Fsp3) is 0.220. The van der Waals surface area contributed by atoms with Crippen LogP contribution in [0.5, 0.6) is 28.7 Å². The summed E-state index contributed by atoms with van der Waals surface area (Å²) in [5, 5.41) is 27.3. The van der Waals surface area contributed by atoms with Gasteiger partial charge in [0.15, 0.2) is 52.1 Å². The Bertz CT molecular complexity index is 6570. The van der Waals surface area contributed by atoms with Gasteiger partial charge in [0.05, 0.1) is 13.2 Å². The third kappa shape index (κ3) is 36.6. The molecule has 732 valence electrons. The minimum Gasteiger partial charge on any atom is -0.508 e. The van der Waals surface area contributed by atoms with Gasteiger partial charge in [0.2, 0.25) is 23.3 Å². The molecule has 0 amide bonds. The number of aromatic hydroxyl groups is 3. The molecule has 6 radical (unpaired) electrons. The van der Waals surface area contributed by atoms with Crippen molar-refractivity contribution >= 4 is 0 Å². The van der Waals surface area contributed by atoms with E-state index in [0.29, 0.717) is 53.1 Å². The van der Waals surface area contributed by atoms with Crippen molar-refractivity contribution in [2.75, 3.05) is 13.2 Å². The quantitative estimate of drug-likeness (QED) is 0.0510. The molecule has 5 nitrogen and oxygen atoms in total. The first-order valence-electron chi connectivity index (χ1n) is 47.0. The first-order chi connectivity index (χ1) is 67.1. The van der Waals surface area contributed by atoms with Gasteiger partial charge in [-0.3, -0.25) is 0 Å². The molecule has 0 spiro atoms. The largest absolute Gasteiger partial charge is 0.508 e. The molecule has 0 unspecified atom stereocenters. The first kappa shape index (κ1) is 124. The van der Waals surface area contributed by atoms with Crippen LogP contribution in [0.25, 0.3) is 100 Å². The molecule has 0 saturated heterocycles. The standard InChI is InChI=1S/C25H16F4.C20H28F2O2.C19H13F2.C19H14F.C14H18F2O2.C13H12O.C13H11.6Y/c1-15-2-4-16(5-3-15)17-6-8-18(9-7-17)19-10-11-21(22(26)12-19)20-13-23(27)25(29)24(28)14-20;1-13-2-6-15(7-3-13)16-8-4-14(5-9-16)12-24-18-11-10-17(23)19(21)20(18)22;1-13-7-9-15(10-8-13)17-12-11-16(18(20)19(17)21)14-5-3-2-4-6-14;1-14-7-12-18(19(20)13-14)17-10-8-16(9-11-17)15-5-3-2-4-6-15;1-9-2-4-10(5-3-9)8-18-12-7-6-11(17)13(15)14(12)16;1-10-2-4-11(5-3-10)12-6-8-13(14)9-7-12;1-11-7-9-13(10-8-11)12-5-3-2-4-6-12;;;;;;/h2-14H,1H3;10-11,13-16,23H,2-9,12H2,1H3;3-12H,1H3;3-13H,1H3;6-7,9-10,17H,2-5,8H2,1H3;2-9,14H,1H3;3-10H,1H3;;;;;;/q;;2*-1;;;-1;;;;;;. The summed E-state index contributed by atoms with van der Waals surface area (Å²) >= 11 is 0. The van der Waals surface area contributed by atoms with E-state index in [-0.39, 0.29) is 236 Å². The molecular formula is C123H112F11O5Y6-3. The van der Waals surface area contributed by atoms with Crippen LogP contribution in [0.3, 0.4) is 0 Å². The Balaban J connectivity index is 0.000000231. The van der Waals surface area contributed by atoms with Crippen molar-refractivity contribution in [1.29, 1.82) is 0 Å². The van der Waals surface area contributed by atoms with Crippen LogP contribution in [0.1, 0.15) is 119 Å². The van der Waals surface area contributed by atoms with Crippen LogP contribution < -0.4 is 9.47 Å². The molecule has 3 N–H and O–H groups in total. The number of ether oxygens (including phenoxy) is 2. The Morgan fingerprint density at radius 3 is 0.841 bits per heavy atom. The molecule has 16 aromatic carbocycles. The van der Waals surface area contributed by atoms with Gasteiger partial charge in [0.1, 0.15) is 17.4 Å². The zero-order valence-electron chi connectivity index (χ0n) is 82.3. The smallest absolute Gasteiger partial charge is 0.204 e. The van der Waals surface area contributed by atoms with Gasteiger partial charge in [-0.25, -0.2) is 30.7 Å². The summed E-state index contributed by atoms with van der Waals surface area (Å²) in [6.07, 6.45) is 14.7. The SMILES string of the molecule is CC1CCC(C2CCC(COc3ccc(O)c(F)c3F)CC2)CC1.CC1CCC(COc2ccc(O)c(F)c2F)CC1.Cc1ccc(-c2cc[c-]cc2)cc1.Cc1ccc(-c2ccc(-c3cc[c-]cc3)c(F)c2F)cc1.Cc1ccc(-c2ccc(-c3cc[c-]cc3)cc2)c(F)c1.Cc1ccc(-c2ccc(-c3ccc(-c4cc(F)c(F)c(F)c4)c(F)c3)cc2)cc1.Cc1ccc(-c2ccc(O)cc2)cc1.[Y].[Y].[Y].[Y].[Y].[Y]. The van der Waals surface area contributed by atoms with Crippen molar-refractivity contribution in [2.24, 2.45) is 35.5 Å². The summed E-state index contributed by atoms with van der Waals surface area (Å²) in [5.41, 5.74) is 19.7. The van der Waals surface area contributed by atoms with E-state index in [1.54, 1.807) is 72.8 Å². The molecule has 19 rings (SSSR count). The molecule has 0 heterocycles. The molecule has 3 fully saturated rings. The van der Waals surface area contributed by atoms with Gasteiger partial charge in [-0.05, 0) is 254 Å². The van der Waals surface area contributed by atoms with Crippen molar-refractivity contribution in [3.05, 3.63) is 438 Å². The molecule has 0 atom stereocenters. The predicted molar refractivity (Wildman–Crippen MR) is 537 cm³/mol. The number of aryl methyl sites for hydroxylation is 5. The molecule has 3 aliphatic rings. The second kappa shape index (κ2) is 62.2. The second-order valence-corrected chi connectivity index (χ2v) is 36.2. The van der Waals surface area contributed by atoms with Crippen molar-refractivity contribution in [1.82, 2.24) is 0 Å². The van der Waals surface area contributed by atoms with Gasteiger partial charge in [0.25, 0.3) is 0 Å². The van der Waals surface area contributed by atoms with E-state index < -0.39 is 69.7 Å². The zero-order chi connectivity index (χ0) is 98.6. The number of benzene rings is 16. The Morgan fingerprint density at radius 1 is 0.228 bits per heavy atom. The molecule has 22 heteroatoms. The van der Waals surface area contributed by atoms with Crippen LogP contribution >= 0.6 is 0 Å². The summed E-state index contributed by atoms with van der Waals surface area (Å²) < 4.78 is 162. The van der Waals surface area contributed by atoms with E-state index >= 15 is 0 Å². The normalized spacial score (nSPS) is 15.1. The zero-order valence-corrected chi connectivity index (χ0v) is 99.4. The van der Waals surface area contributed by atoms with Gasteiger partial charge in [-0.1, -0.05) is 256 Å². The molecule has 0 aliphatic heterocycles. The van der Waals surface area contributed by atoms with E-state index in [1.807, 2.05) is 166 Å². The Kier molecular flexibility index (Phi) is 53.4. The Hall–Kier alpha value is -7.63. The fourth-order valence-electron chi connectivity index (χ4n) is 17.3. The van der Waals surface area contributed by atoms with Gasteiger partial charge in [-0.15, -0.1) is 16.7 Å². The topological polar surface area (TPSA) is 79.2 Å². The Labute approximate surface area is 997 Å². The van der Waals surface area contributed by atoms with Crippen LogP contribution in [0.4, 0.5) is 48.3 Å². The molecule has 0 aromatic heterocycles. The van der Waals surface area contributed by atoms with E-state index in [4.69, 9.17) is 24.8 Å². The molecule has 0 bridgehead atoms. The van der Waals surface area contributed by atoms with E-state index in [9.17, 15) is 48.3 Å². The Morgan fingerprint density at radius 2 is 0.476 bits per heavy atom. The van der Waals surface area contributed by atoms with Crippen molar-refractivity contribution < 1.29 is 269 Å². The number of rotatable bonds is 16.